The number of hydrogen-bond acceptors (Lipinski definition) is 5. The number of hydrogen-bond donors (Lipinski definition) is 1. The number of aryl methyl sites for hydroxylation is 2. The Morgan fingerprint density at radius 2 is 1.97 bits per heavy atom. The summed E-state index contributed by atoms with van der Waals surface area (Å²) in [5.74, 6) is 1.89. The van der Waals surface area contributed by atoms with Crippen molar-refractivity contribution in [3.8, 4) is 11.3 Å². The van der Waals surface area contributed by atoms with Crippen LogP contribution in [0.25, 0.3) is 27.7 Å². The van der Waals surface area contributed by atoms with Gasteiger partial charge in [0, 0.05) is 29.7 Å². The fourth-order valence-electron chi connectivity index (χ4n) is 5.63. The van der Waals surface area contributed by atoms with E-state index >= 15 is 0 Å². The molecule has 1 N–H and O–H groups in total. The summed E-state index contributed by atoms with van der Waals surface area (Å²) in [6, 6.07) is 9.26. The van der Waals surface area contributed by atoms with Gasteiger partial charge < -0.3 is 4.98 Å². The number of nitrogens with one attached hydrogen (secondary N) is 1. The fraction of sp³-hybridized carbons (Fsp3) is 0.407. The maximum atomic E-state index is 4.44. The Bertz CT molecular complexity index is 1500. The molecule has 5 aromatic rings. The predicted octanol–water partition coefficient (Wildman–Crippen LogP) is 4.82. The van der Waals surface area contributed by atoms with E-state index in [4.69, 9.17) is 0 Å². The van der Waals surface area contributed by atoms with Crippen LogP contribution in [0.4, 0.5) is 0 Å². The number of pyridine rings is 1. The number of rotatable bonds is 5. The van der Waals surface area contributed by atoms with Gasteiger partial charge in [-0.05, 0) is 79.6 Å². The molecule has 6 rings (SSSR count). The second-order valence-electron chi connectivity index (χ2n) is 10.2. The van der Waals surface area contributed by atoms with Crippen LogP contribution >= 0.6 is 0 Å². The molecule has 0 spiro atoms. The third-order valence-electron chi connectivity index (χ3n) is 7.41. The van der Waals surface area contributed by atoms with E-state index in [0.29, 0.717) is 11.8 Å². The van der Waals surface area contributed by atoms with Gasteiger partial charge in [0.15, 0.2) is 5.82 Å². The normalized spacial score (nSPS) is 15.7. The Morgan fingerprint density at radius 3 is 2.71 bits per heavy atom. The largest absolute Gasteiger partial charge is 0.354 e. The molecule has 0 aliphatic carbocycles. The van der Waals surface area contributed by atoms with Crippen molar-refractivity contribution in [1.29, 1.82) is 0 Å². The second-order valence-corrected chi connectivity index (χ2v) is 10.2. The molecule has 0 bridgehead atoms. The summed E-state index contributed by atoms with van der Waals surface area (Å²) >= 11 is 0. The molecule has 4 aromatic heterocycles. The number of fused-ring (bicyclic) bond motifs is 2. The summed E-state index contributed by atoms with van der Waals surface area (Å²) in [6.45, 7) is 9.67. The van der Waals surface area contributed by atoms with Gasteiger partial charge in [-0.25, -0.2) is 9.50 Å². The van der Waals surface area contributed by atoms with E-state index in [2.05, 4.69) is 81.5 Å². The molecule has 0 unspecified atom stereocenters. The molecule has 0 amide bonds. The van der Waals surface area contributed by atoms with Crippen LogP contribution in [0.5, 0.6) is 0 Å². The van der Waals surface area contributed by atoms with Crippen LogP contribution in [0.3, 0.4) is 0 Å². The SMILES string of the molecule is Cc1cc(-c2[nH]c3ccc(C4CCN(Cc5ncn(C)n5)CC4)cc3c2C(C)C)cn2nncc12. The van der Waals surface area contributed by atoms with Crippen LogP contribution in [-0.2, 0) is 13.6 Å². The molecule has 5 heterocycles. The number of likely N-dealkylation sites (tertiary alicyclic amines) is 1. The van der Waals surface area contributed by atoms with Crippen LogP contribution in [0, 0.1) is 6.92 Å². The van der Waals surface area contributed by atoms with Crippen molar-refractivity contribution in [3.05, 3.63) is 65.5 Å². The maximum absolute atomic E-state index is 4.44. The minimum atomic E-state index is 0.397. The first-order valence-electron chi connectivity index (χ1n) is 12.5. The Labute approximate surface area is 205 Å². The van der Waals surface area contributed by atoms with E-state index in [-0.39, 0.29) is 0 Å². The molecule has 8 nitrogen and oxygen atoms in total. The fourth-order valence-corrected chi connectivity index (χ4v) is 5.63. The highest BCUT2D eigenvalue weighted by molar-refractivity contribution is 5.92. The van der Waals surface area contributed by atoms with Crippen LogP contribution in [0.2, 0.25) is 0 Å². The molecular weight excluding hydrogens is 436 g/mol. The number of aromatic amines is 1. The van der Waals surface area contributed by atoms with Crippen molar-refractivity contribution in [2.24, 2.45) is 7.05 Å². The van der Waals surface area contributed by atoms with Gasteiger partial charge in [-0.2, -0.15) is 5.10 Å². The average Bonchev–Trinajstić information content (AvgIpc) is 3.57. The smallest absolute Gasteiger partial charge is 0.164 e. The minimum absolute atomic E-state index is 0.397. The molecule has 0 saturated carbocycles. The van der Waals surface area contributed by atoms with E-state index in [1.807, 2.05) is 17.8 Å². The highest BCUT2D eigenvalue weighted by atomic mass is 15.4. The molecule has 1 aromatic carbocycles. The summed E-state index contributed by atoms with van der Waals surface area (Å²) in [6.07, 6.45) is 8.00. The van der Waals surface area contributed by atoms with Gasteiger partial charge in [0.25, 0.3) is 0 Å². The van der Waals surface area contributed by atoms with Gasteiger partial charge in [0.2, 0.25) is 0 Å². The molecule has 1 aliphatic heterocycles. The quantitative estimate of drug-likeness (QED) is 0.400. The Hall–Kier alpha value is -3.52. The molecule has 0 atom stereocenters. The lowest BCUT2D eigenvalue weighted by Crippen LogP contribution is -2.32. The lowest BCUT2D eigenvalue weighted by Gasteiger charge is -2.31. The first kappa shape index (κ1) is 22.0. The number of nitrogens with zero attached hydrogens (tertiary/aromatic N) is 7. The van der Waals surface area contributed by atoms with Crippen LogP contribution < -0.4 is 0 Å². The number of H-pyrrole nitrogens is 1. The molecule has 8 heteroatoms. The van der Waals surface area contributed by atoms with Gasteiger partial charge in [0.1, 0.15) is 6.33 Å². The average molecular weight is 469 g/mol. The molecule has 180 valence electrons. The first-order chi connectivity index (χ1) is 17.0. The molecular formula is C27H32N8. The summed E-state index contributed by atoms with van der Waals surface area (Å²) in [5, 5.41) is 14.1. The van der Waals surface area contributed by atoms with Gasteiger partial charge >= 0.3 is 0 Å². The Kier molecular flexibility index (Phi) is 5.40. The van der Waals surface area contributed by atoms with Crippen LogP contribution in [0.1, 0.15) is 61.0 Å². The van der Waals surface area contributed by atoms with E-state index in [1.165, 1.54) is 33.3 Å². The monoisotopic (exact) mass is 468 g/mol. The third kappa shape index (κ3) is 4.01. The summed E-state index contributed by atoms with van der Waals surface area (Å²) in [4.78, 5) is 10.6. The summed E-state index contributed by atoms with van der Waals surface area (Å²) in [5.41, 5.74) is 8.58. The molecule has 1 saturated heterocycles. The van der Waals surface area contributed by atoms with Crippen molar-refractivity contribution in [1.82, 2.24) is 39.5 Å². The molecule has 1 aliphatic rings. The van der Waals surface area contributed by atoms with Gasteiger partial charge in [-0.3, -0.25) is 9.58 Å². The zero-order chi connectivity index (χ0) is 24.1. The number of piperidine rings is 1. The third-order valence-corrected chi connectivity index (χ3v) is 7.41. The Morgan fingerprint density at radius 1 is 1.14 bits per heavy atom. The second kappa shape index (κ2) is 8.61. The van der Waals surface area contributed by atoms with Crippen LogP contribution in [-0.4, -0.2) is 52.6 Å². The van der Waals surface area contributed by atoms with E-state index in [0.717, 1.165) is 49.4 Å². The summed E-state index contributed by atoms with van der Waals surface area (Å²) in [7, 11) is 1.92. The van der Waals surface area contributed by atoms with Crippen molar-refractivity contribution in [2.45, 2.75) is 52.0 Å². The molecule has 1 fully saturated rings. The van der Waals surface area contributed by atoms with Crippen molar-refractivity contribution in [3.63, 3.8) is 0 Å². The van der Waals surface area contributed by atoms with Gasteiger partial charge in [-0.1, -0.05) is 25.1 Å². The Balaban J connectivity index is 1.29. The van der Waals surface area contributed by atoms with E-state index in [9.17, 15) is 0 Å². The van der Waals surface area contributed by atoms with Crippen LogP contribution in [0.15, 0.2) is 43.0 Å². The van der Waals surface area contributed by atoms with E-state index in [1.54, 1.807) is 11.0 Å². The zero-order valence-electron chi connectivity index (χ0n) is 20.9. The standard InChI is InChI=1S/C27H32N8/c1-17(2)26-22-12-20(19-7-9-34(10-8-19)15-25-28-16-33(4)31-25)5-6-23(22)30-27(26)21-11-18(3)24-13-29-32-35(24)14-21/h5-6,11-14,16-17,19,30H,7-10,15H2,1-4H3. The highest BCUT2D eigenvalue weighted by Gasteiger charge is 2.23. The predicted molar refractivity (Wildman–Crippen MR) is 137 cm³/mol. The van der Waals surface area contributed by atoms with Crippen molar-refractivity contribution >= 4 is 16.4 Å². The maximum Gasteiger partial charge on any atom is 0.164 e. The number of benzene rings is 1. The number of aromatic nitrogens is 7. The van der Waals surface area contributed by atoms with Crippen molar-refractivity contribution < 1.29 is 0 Å². The highest BCUT2D eigenvalue weighted by Crippen LogP contribution is 2.38. The van der Waals surface area contributed by atoms with E-state index < -0.39 is 0 Å². The molecule has 0 radical (unpaired) electrons. The lowest BCUT2D eigenvalue weighted by atomic mass is 9.87. The zero-order valence-corrected chi connectivity index (χ0v) is 20.9. The van der Waals surface area contributed by atoms with Gasteiger partial charge in [0.05, 0.1) is 24.0 Å². The molecule has 35 heavy (non-hydrogen) atoms. The summed E-state index contributed by atoms with van der Waals surface area (Å²) < 4.78 is 3.65. The topological polar surface area (TPSA) is 79.9 Å². The minimum Gasteiger partial charge on any atom is -0.354 e. The van der Waals surface area contributed by atoms with Crippen molar-refractivity contribution in [2.75, 3.05) is 13.1 Å². The first-order valence-corrected chi connectivity index (χ1v) is 12.5. The lowest BCUT2D eigenvalue weighted by molar-refractivity contribution is 0.200. The van der Waals surface area contributed by atoms with Gasteiger partial charge in [-0.15, -0.1) is 5.10 Å².